The molecule has 1 N–H and O–H groups in total. The Balaban J connectivity index is 1.99. The van der Waals surface area contributed by atoms with Crippen LogP contribution in [0.15, 0.2) is 36.7 Å². The maximum Gasteiger partial charge on any atom is 0.0929 e. The van der Waals surface area contributed by atoms with E-state index in [-0.39, 0.29) is 0 Å². The van der Waals surface area contributed by atoms with Gasteiger partial charge in [-0.3, -0.25) is 0 Å². The van der Waals surface area contributed by atoms with Crippen LogP contribution in [0, 0.1) is 0 Å². The van der Waals surface area contributed by atoms with Crippen LogP contribution in [-0.2, 0) is 4.74 Å². The zero-order valence-corrected chi connectivity index (χ0v) is 9.02. The Kier molecular flexibility index (Phi) is 2.46. The van der Waals surface area contributed by atoms with Crippen molar-refractivity contribution in [2.45, 2.75) is 12.3 Å². The fraction of sp³-hybridized carbons (Fsp3) is 0.308. The van der Waals surface area contributed by atoms with E-state index in [2.05, 4.69) is 22.1 Å². The fourth-order valence-corrected chi connectivity index (χ4v) is 2.20. The minimum atomic E-state index is 0.470. The van der Waals surface area contributed by atoms with E-state index in [4.69, 9.17) is 4.74 Å². The number of nitrogens with one attached hydrogen (secondary N) is 1. The van der Waals surface area contributed by atoms with Crippen LogP contribution in [0.5, 0.6) is 0 Å². The molecule has 0 bridgehead atoms. The minimum absolute atomic E-state index is 0.470. The van der Waals surface area contributed by atoms with Gasteiger partial charge in [0, 0.05) is 23.8 Å². The van der Waals surface area contributed by atoms with Crippen molar-refractivity contribution < 1.29 is 4.74 Å². The molecule has 0 amide bonds. The third-order valence-corrected chi connectivity index (χ3v) is 3.05. The summed E-state index contributed by atoms with van der Waals surface area (Å²) in [6.45, 7) is 1.67. The van der Waals surface area contributed by atoms with Gasteiger partial charge in [-0.2, -0.15) is 0 Å². The molecule has 1 fully saturated rings. The van der Waals surface area contributed by atoms with Crippen molar-refractivity contribution in [3.05, 3.63) is 42.4 Å². The first-order valence-corrected chi connectivity index (χ1v) is 5.61. The molecule has 1 saturated heterocycles. The lowest BCUT2D eigenvalue weighted by atomic mass is 10.00. The van der Waals surface area contributed by atoms with Crippen molar-refractivity contribution in [1.29, 1.82) is 0 Å². The highest BCUT2D eigenvalue weighted by Crippen LogP contribution is 2.30. The highest BCUT2D eigenvalue weighted by molar-refractivity contribution is 5.62. The van der Waals surface area contributed by atoms with Crippen LogP contribution in [0.2, 0.25) is 0 Å². The summed E-state index contributed by atoms with van der Waals surface area (Å²) < 4.78 is 5.42. The molecular formula is C13H14N2O. The molecule has 1 atom stereocenters. The Morgan fingerprint density at radius 2 is 2.12 bits per heavy atom. The molecule has 1 aliphatic rings. The van der Waals surface area contributed by atoms with Crippen molar-refractivity contribution in [2.24, 2.45) is 0 Å². The van der Waals surface area contributed by atoms with Gasteiger partial charge in [-0.25, -0.2) is 4.98 Å². The van der Waals surface area contributed by atoms with Crippen LogP contribution in [-0.4, -0.2) is 23.2 Å². The Bertz CT molecular complexity index is 458. The molecule has 1 aromatic heterocycles. The van der Waals surface area contributed by atoms with Gasteiger partial charge in [0.15, 0.2) is 0 Å². The standard InChI is InChI=1S/C13H14N2O/c1-2-4-10(5-3-1)12-13(15-9-14-12)11-6-7-16-8-11/h1-5,9,11H,6-8H2,(H,14,15). The van der Waals surface area contributed by atoms with Crippen LogP contribution in [0.25, 0.3) is 11.3 Å². The Labute approximate surface area is 94.5 Å². The number of aromatic nitrogens is 2. The summed E-state index contributed by atoms with van der Waals surface area (Å²) in [4.78, 5) is 7.67. The maximum atomic E-state index is 5.42. The van der Waals surface area contributed by atoms with Gasteiger partial charge in [-0.15, -0.1) is 0 Å². The van der Waals surface area contributed by atoms with Gasteiger partial charge in [-0.1, -0.05) is 30.3 Å². The highest BCUT2D eigenvalue weighted by Gasteiger charge is 2.22. The second kappa shape index (κ2) is 4.10. The molecule has 0 saturated carbocycles. The monoisotopic (exact) mass is 214 g/mol. The second-order valence-electron chi connectivity index (χ2n) is 4.09. The van der Waals surface area contributed by atoms with Gasteiger partial charge in [0.1, 0.15) is 0 Å². The second-order valence-corrected chi connectivity index (χ2v) is 4.09. The molecule has 2 aromatic rings. The number of imidazole rings is 1. The van der Waals surface area contributed by atoms with Crippen LogP contribution < -0.4 is 0 Å². The van der Waals surface area contributed by atoms with Crippen molar-refractivity contribution in [3.8, 4) is 11.3 Å². The normalized spacial score (nSPS) is 20.1. The van der Waals surface area contributed by atoms with Crippen LogP contribution in [0.1, 0.15) is 18.0 Å². The van der Waals surface area contributed by atoms with Gasteiger partial charge in [0.05, 0.1) is 18.6 Å². The first-order valence-electron chi connectivity index (χ1n) is 5.61. The van der Waals surface area contributed by atoms with Gasteiger partial charge in [-0.05, 0) is 6.42 Å². The smallest absolute Gasteiger partial charge is 0.0929 e. The number of benzene rings is 1. The Morgan fingerprint density at radius 1 is 1.25 bits per heavy atom. The molecule has 1 unspecified atom stereocenters. The van der Waals surface area contributed by atoms with E-state index < -0.39 is 0 Å². The number of hydrogen-bond donors (Lipinski definition) is 1. The summed E-state index contributed by atoms with van der Waals surface area (Å²) in [5.41, 5.74) is 3.45. The van der Waals surface area contributed by atoms with E-state index in [0.29, 0.717) is 5.92 Å². The zero-order chi connectivity index (χ0) is 10.8. The molecular weight excluding hydrogens is 200 g/mol. The highest BCUT2D eigenvalue weighted by atomic mass is 16.5. The van der Waals surface area contributed by atoms with Crippen molar-refractivity contribution >= 4 is 0 Å². The van der Waals surface area contributed by atoms with E-state index in [0.717, 1.165) is 25.3 Å². The molecule has 1 aromatic carbocycles. The van der Waals surface area contributed by atoms with Gasteiger partial charge in [0.2, 0.25) is 0 Å². The summed E-state index contributed by atoms with van der Waals surface area (Å²) in [5.74, 6) is 0.470. The van der Waals surface area contributed by atoms with Gasteiger partial charge < -0.3 is 9.72 Å². The molecule has 2 heterocycles. The predicted molar refractivity (Wildman–Crippen MR) is 62.2 cm³/mol. The largest absolute Gasteiger partial charge is 0.381 e. The number of aromatic amines is 1. The minimum Gasteiger partial charge on any atom is -0.381 e. The summed E-state index contributed by atoms with van der Waals surface area (Å²) in [7, 11) is 0. The molecule has 0 radical (unpaired) electrons. The van der Waals surface area contributed by atoms with E-state index in [1.807, 2.05) is 18.2 Å². The topological polar surface area (TPSA) is 37.9 Å². The van der Waals surface area contributed by atoms with E-state index in [1.165, 1.54) is 11.3 Å². The molecule has 0 aliphatic carbocycles. The first-order chi connectivity index (χ1) is 7.95. The first kappa shape index (κ1) is 9.60. The predicted octanol–water partition coefficient (Wildman–Crippen LogP) is 2.58. The van der Waals surface area contributed by atoms with Crippen LogP contribution >= 0.6 is 0 Å². The molecule has 3 nitrogen and oxygen atoms in total. The number of rotatable bonds is 2. The summed E-state index contributed by atoms with van der Waals surface area (Å²) in [5, 5.41) is 0. The van der Waals surface area contributed by atoms with Gasteiger partial charge in [0.25, 0.3) is 0 Å². The lowest BCUT2D eigenvalue weighted by Gasteiger charge is -2.07. The SMILES string of the molecule is c1ccc(-c2nc[nH]c2C2CCOC2)cc1. The number of nitrogens with zero attached hydrogens (tertiary/aromatic N) is 1. The third-order valence-electron chi connectivity index (χ3n) is 3.05. The van der Waals surface area contributed by atoms with E-state index in [9.17, 15) is 0 Å². The Hall–Kier alpha value is -1.61. The van der Waals surface area contributed by atoms with Crippen molar-refractivity contribution in [3.63, 3.8) is 0 Å². The average molecular weight is 214 g/mol. The lowest BCUT2D eigenvalue weighted by Crippen LogP contribution is -2.00. The van der Waals surface area contributed by atoms with Crippen LogP contribution in [0.3, 0.4) is 0 Å². The van der Waals surface area contributed by atoms with Crippen molar-refractivity contribution in [1.82, 2.24) is 9.97 Å². The molecule has 82 valence electrons. The summed E-state index contributed by atoms with van der Waals surface area (Å²) in [6, 6.07) is 10.3. The molecule has 1 aliphatic heterocycles. The van der Waals surface area contributed by atoms with E-state index >= 15 is 0 Å². The lowest BCUT2D eigenvalue weighted by molar-refractivity contribution is 0.193. The molecule has 3 rings (SSSR count). The van der Waals surface area contributed by atoms with Gasteiger partial charge >= 0.3 is 0 Å². The fourth-order valence-electron chi connectivity index (χ4n) is 2.20. The Morgan fingerprint density at radius 3 is 2.88 bits per heavy atom. The summed E-state index contributed by atoms with van der Waals surface area (Å²) >= 11 is 0. The third kappa shape index (κ3) is 1.63. The molecule has 16 heavy (non-hydrogen) atoms. The quantitative estimate of drug-likeness (QED) is 0.834. The average Bonchev–Trinajstić information content (AvgIpc) is 3.01. The maximum absolute atomic E-state index is 5.42. The van der Waals surface area contributed by atoms with E-state index in [1.54, 1.807) is 6.33 Å². The molecule has 0 spiro atoms. The van der Waals surface area contributed by atoms with Crippen LogP contribution in [0.4, 0.5) is 0 Å². The van der Waals surface area contributed by atoms with Crippen molar-refractivity contribution in [2.75, 3.05) is 13.2 Å². The number of ether oxygens (including phenoxy) is 1. The number of H-pyrrole nitrogens is 1. The zero-order valence-electron chi connectivity index (χ0n) is 9.02. The summed E-state index contributed by atoms with van der Waals surface area (Å²) in [6.07, 6.45) is 2.86. The number of hydrogen-bond acceptors (Lipinski definition) is 2. The molecule has 3 heteroatoms.